The summed E-state index contributed by atoms with van der Waals surface area (Å²) < 4.78 is 10.1. The molecular formula is C12H14N4O3. The average Bonchev–Trinajstić information content (AvgIpc) is 2.90. The predicted molar refractivity (Wildman–Crippen MR) is 65.0 cm³/mol. The smallest absolute Gasteiger partial charge is 0.318 e. The standard InChI is InChI=1S/C12H14N4O3/c1-3-8(12(17)18-4-2)11-15-10(16-19-11)9-5-6-13-7-14-9/h5-8H,3-4H2,1-2H3. The molecule has 0 bridgehead atoms. The van der Waals surface area contributed by atoms with Crippen molar-refractivity contribution in [1.29, 1.82) is 0 Å². The van der Waals surface area contributed by atoms with E-state index in [-0.39, 0.29) is 11.9 Å². The van der Waals surface area contributed by atoms with E-state index < -0.39 is 5.92 Å². The molecule has 0 amide bonds. The highest BCUT2D eigenvalue weighted by Gasteiger charge is 2.26. The van der Waals surface area contributed by atoms with Crippen LogP contribution in [0.1, 0.15) is 32.1 Å². The Labute approximate surface area is 110 Å². The number of carbonyl (C=O) groups is 1. The summed E-state index contributed by atoms with van der Waals surface area (Å²) in [6.07, 6.45) is 3.51. The summed E-state index contributed by atoms with van der Waals surface area (Å²) in [6, 6.07) is 1.67. The Morgan fingerprint density at radius 1 is 1.47 bits per heavy atom. The normalized spacial score (nSPS) is 12.1. The van der Waals surface area contributed by atoms with Gasteiger partial charge in [-0.3, -0.25) is 4.79 Å². The number of esters is 1. The lowest BCUT2D eigenvalue weighted by atomic mass is 10.1. The van der Waals surface area contributed by atoms with E-state index in [9.17, 15) is 4.79 Å². The fraction of sp³-hybridized carbons (Fsp3) is 0.417. The molecule has 0 fully saturated rings. The van der Waals surface area contributed by atoms with Crippen LogP contribution < -0.4 is 0 Å². The van der Waals surface area contributed by atoms with Gasteiger partial charge in [0.25, 0.3) is 0 Å². The third kappa shape index (κ3) is 2.93. The van der Waals surface area contributed by atoms with E-state index in [0.29, 0.717) is 24.5 Å². The summed E-state index contributed by atoms with van der Waals surface area (Å²) in [5.74, 6) is -0.319. The first-order chi connectivity index (χ1) is 9.26. The van der Waals surface area contributed by atoms with Gasteiger partial charge in [-0.05, 0) is 19.4 Å². The lowest BCUT2D eigenvalue weighted by Crippen LogP contribution is -2.15. The third-order valence-corrected chi connectivity index (χ3v) is 2.53. The lowest BCUT2D eigenvalue weighted by Gasteiger charge is -2.08. The predicted octanol–water partition coefficient (Wildman–Crippen LogP) is 1.58. The van der Waals surface area contributed by atoms with Crippen molar-refractivity contribution in [2.45, 2.75) is 26.2 Å². The van der Waals surface area contributed by atoms with Gasteiger partial charge < -0.3 is 9.26 Å². The van der Waals surface area contributed by atoms with Crippen LogP contribution >= 0.6 is 0 Å². The van der Waals surface area contributed by atoms with Gasteiger partial charge in [-0.2, -0.15) is 4.98 Å². The molecule has 0 radical (unpaired) electrons. The molecule has 19 heavy (non-hydrogen) atoms. The molecule has 0 spiro atoms. The first-order valence-electron chi connectivity index (χ1n) is 6.02. The van der Waals surface area contributed by atoms with E-state index in [4.69, 9.17) is 9.26 Å². The van der Waals surface area contributed by atoms with Crippen LogP contribution in [0.3, 0.4) is 0 Å². The number of rotatable bonds is 5. The Morgan fingerprint density at radius 3 is 2.95 bits per heavy atom. The van der Waals surface area contributed by atoms with Crippen LogP contribution in [-0.4, -0.2) is 32.7 Å². The molecule has 1 unspecified atom stereocenters. The number of aromatic nitrogens is 4. The second kappa shape index (κ2) is 6.03. The molecule has 0 N–H and O–H groups in total. The lowest BCUT2D eigenvalue weighted by molar-refractivity contribution is -0.145. The van der Waals surface area contributed by atoms with Gasteiger partial charge in [-0.25, -0.2) is 9.97 Å². The van der Waals surface area contributed by atoms with Crippen molar-refractivity contribution >= 4 is 5.97 Å². The monoisotopic (exact) mass is 262 g/mol. The van der Waals surface area contributed by atoms with E-state index in [0.717, 1.165) is 0 Å². The second-order valence-corrected chi connectivity index (χ2v) is 3.76. The van der Waals surface area contributed by atoms with Crippen LogP contribution in [0, 0.1) is 0 Å². The number of hydrogen-bond acceptors (Lipinski definition) is 7. The molecule has 0 aromatic carbocycles. The fourth-order valence-electron chi connectivity index (χ4n) is 1.59. The Balaban J connectivity index is 2.22. The highest BCUT2D eigenvalue weighted by molar-refractivity contribution is 5.76. The molecule has 7 nitrogen and oxygen atoms in total. The minimum atomic E-state index is -0.539. The van der Waals surface area contributed by atoms with Crippen molar-refractivity contribution < 1.29 is 14.1 Å². The topological polar surface area (TPSA) is 91.0 Å². The zero-order valence-corrected chi connectivity index (χ0v) is 10.7. The SMILES string of the molecule is CCOC(=O)C(CC)c1nc(-c2ccncn2)no1. The maximum absolute atomic E-state index is 11.7. The number of nitrogens with zero attached hydrogens (tertiary/aromatic N) is 4. The maximum atomic E-state index is 11.7. The summed E-state index contributed by atoms with van der Waals surface area (Å²) >= 11 is 0. The van der Waals surface area contributed by atoms with Gasteiger partial charge in [0.1, 0.15) is 17.9 Å². The minimum absolute atomic E-state index is 0.245. The summed E-state index contributed by atoms with van der Waals surface area (Å²) in [7, 11) is 0. The van der Waals surface area contributed by atoms with Crippen LogP contribution in [0.25, 0.3) is 11.5 Å². The van der Waals surface area contributed by atoms with Crippen LogP contribution in [0.5, 0.6) is 0 Å². The van der Waals surface area contributed by atoms with Crippen molar-refractivity contribution in [2.24, 2.45) is 0 Å². The zero-order chi connectivity index (χ0) is 13.7. The quantitative estimate of drug-likeness (QED) is 0.755. The molecule has 2 aromatic rings. The van der Waals surface area contributed by atoms with Gasteiger partial charge in [-0.15, -0.1) is 0 Å². The number of hydrogen-bond donors (Lipinski definition) is 0. The van der Waals surface area contributed by atoms with Crippen LogP contribution in [-0.2, 0) is 9.53 Å². The average molecular weight is 262 g/mol. The fourth-order valence-corrected chi connectivity index (χ4v) is 1.59. The van der Waals surface area contributed by atoms with Gasteiger partial charge in [0.15, 0.2) is 0 Å². The molecule has 0 aliphatic carbocycles. The minimum Gasteiger partial charge on any atom is -0.465 e. The largest absolute Gasteiger partial charge is 0.465 e. The van der Waals surface area contributed by atoms with Crippen molar-refractivity contribution in [3.8, 4) is 11.5 Å². The maximum Gasteiger partial charge on any atom is 0.318 e. The molecule has 0 aliphatic heterocycles. The Bertz CT molecular complexity index is 541. The number of ether oxygens (including phenoxy) is 1. The highest BCUT2D eigenvalue weighted by Crippen LogP contribution is 2.22. The van der Waals surface area contributed by atoms with Crippen molar-refractivity contribution in [3.63, 3.8) is 0 Å². The number of carbonyl (C=O) groups excluding carboxylic acids is 1. The molecule has 100 valence electrons. The molecular weight excluding hydrogens is 248 g/mol. The first kappa shape index (κ1) is 13.1. The van der Waals surface area contributed by atoms with Crippen molar-refractivity contribution in [1.82, 2.24) is 20.1 Å². The summed E-state index contributed by atoms with van der Waals surface area (Å²) in [5.41, 5.74) is 0.545. The van der Waals surface area contributed by atoms with E-state index in [1.54, 1.807) is 19.2 Å². The van der Waals surface area contributed by atoms with Gasteiger partial charge in [0.2, 0.25) is 11.7 Å². The van der Waals surface area contributed by atoms with Crippen molar-refractivity contribution in [3.05, 3.63) is 24.5 Å². The summed E-state index contributed by atoms with van der Waals surface area (Å²) in [6.45, 7) is 3.93. The van der Waals surface area contributed by atoms with Gasteiger partial charge >= 0.3 is 5.97 Å². The summed E-state index contributed by atoms with van der Waals surface area (Å²) in [4.78, 5) is 23.8. The van der Waals surface area contributed by atoms with Gasteiger partial charge in [0.05, 0.1) is 6.61 Å². The molecule has 2 heterocycles. The summed E-state index contributed by atoms with van der Waals surface area (Å²) in [5, 5.41) is 3.81. The Hall–Kier alpha value is -2.31. The Morgan fingerprint density at radius 2 is 2.32 bits per heavy atom. The van der Waals surface area contributed by atoms with Crippen LogP contribution in [0.15, 0.2) is 23.1 Å². The molecule has 7 heteroatoms. The third-order valence-electron chi connectivity index (χ3n) is 2.53. The second-order valence-electron chi connectivity index (χ2n) is 3.76. The highest BCUT2D eigenvalue weighted by atomic mass is 16.5. The first-order valence-corrected chi connectivity index (χ1v) is 6.02. The van der Waals surface area contributed by atoms with Crippen LogP contribution in [0.4, 0.5) is 0 Å². The molecule has 1 atom stereocenters. The van der Waals surface area contributed by atoms with Crippen molar-refractivity contribution in [2.75, 3.05) is 6.61 Å². The van der Waals surface area contributed by atoms with Gasteiger partial charge in [0, 0.05) is 6.20 Å². The molecule has 2 rings (SSSR count). The van der Waals surface area contributed by atoms with E-state index in [1.807, 2.05) is 6.92 Å². The van der Waals surface area contributed by atoms with Crippen LogP contribution in [0.2, 0.25) is 0 Å². The molecule has 0 aliphatic rings. The molecule has 2 aromatic heterocycles. The Kier molecular flexibility index (Phi) is 4.17. The molecule has 0 saturated carbocycles. The van der Waals surface area contributed by atoms with Gasteiger partial charge in [-0.1, -0.05) is 12.1 Å². The van der Waals surface area contributed by atoms with E-state index in [1.165, 1.54) is 6.33 Å². The van der Waals surface area contributed by atoms with E-state index >= 15 is 0 Å². The molecule has 0 saturated heterocycles. The van der Waals surface area contributed by atoms with E-state index in [2.05, 4.69) is 20.1 Å². The zero-order valence-electron chi connectivity index (χ0n) is 10.7.